The van der Waals surface area contributed by atoms with Crippen LogP contribution in [0.1, 0.15) is 53.6 Å². The number of likely N-dealkylation sites (tertiary alicyclic amines) is 1. The van der Waals surface area contributed by atoms with Crippen LogP contribution in [0.2, 0.25) is 0 Å². The Bertz CT molecular complexity index is 1020. The fraction of sp³-hybridized carbons (Fsp3) is 0.481. The number of rotatable bonds is 8. The minimum atomic E-state index is -4.53. The average molecular weight is 503 g/mol. The molecule has 0 aromatic heterocycles. The number of benzene rings is 2. The highest BCUT2D eigenvalue weighted by Crippen LogP contribution is 2.29. The number of nitrogens with one attached hydrogen (secondary N) is 3. The van der Waals surface area contributed by atoms with E-state index in [1.807, 2.05) is 6.07 Å². The third-order valence-corrected chi connectivity index (χ3v) is 7.10. The van der Waals surface area contributed by atoms with E-state index < -0.39 is 17.6 Å². The summed E-state index contributed by atoms with van der Waals surface area (Å²) in [6, 6.07) is 15.6. The van der Waals surface area contributed by atoms with Crippen molar-refractivity contribution < 1.29 is 22.8 Å². The van der Waals surface area contributed by atoms with Crippen molar-refractivity contribution in [3.05, 3.63) is 71.3 Å². The highest BCUT2D eigenvalue weighted by atomic mass is 19.4. The summed E-state index contributed by atoms with van der Waals surface area (Å²) in [5.74, 6) is -1.04. The largest absolute Gasteiger partial charge is 0.416 e. The first-order chi connectivity index (χ1) is 17.3. The Balaban J connectivity index is 1.15. The van der Waals surface area contributed by atoms with Crippen LogP contribution < -0.4 is 16.0 Å². The fourth-order valence-electron chi connectivity index (χ4n) is 5.12. The lowest BCUT2D eigenvalue weighted by molar-refractivity contribution is -0.137. The minimum absolute atomic E-state index is 0.0110. The second-order valence-corrected chi connectivity index (χ2v) is 9.68. The number of alkyl halides is 3. The molecule has 194 valence electrons. The molecule has 3 N–H and O–H groups in total. The number of carbonyl (C=O) groups is 2. The van der Waals surface area contributed by atoms with Crippen molar-refractivity contribution in [1.82, 2.24) is 20.9 Å². The van der Waals surface area contributed by atoms with E-state index >= 15 is 0 Å². The van der Waals surface area contributed by atoms with Crippen LogP contribution in [0.15, 0.2) is 54.6 Å². The quantitative estimate of drug-likeness (QED) is 0.515. The Labute approximate surface area is 209 Å². The molecular formula is C27H33F3N4O2. The van der Waals surface area contributed by atoms with Crippen molar-refractivity contribution in [2.24, 2.45) is 0 Å². The minimum Gasteiger partial charge on any atom is -0.350 e. The zero-order chi connectivity index (χ0) is 25.5. The Morgan fingerprint density at radius 2 is 1.67 bits per heavy atom. The number of carbonyl (C=O) groups excluding carboxylic acids is 2. The molecule has 0 radical (unpaired) electrons. The maximum Gasteiger partial charge on any atom is 0.416 e. The van der Waals surface area contributed by atoms with Gasteiger partial charge in [0.25, 0.3) is 5.91 Å². The molecule has 9 heteroatoms. The zero-order valence-corrected chi connectivity index (χ0v) is 20.2. The lowest BCUT2D eigenvalue weighted by Crippen LogP contribution is -2.45. The normalized spacial score (nSPS) is 22.8. The maximum absolute atomic E-state index is 12.9. The molecule has 1 saturated carbocycles. The van der Waals surface area contributed by atoms with Crippen LogP contribution in [0.25, 0.3) is 0 Å². The summed E-state index contributed by atoms with van der Waals surface area (Å²) >= 11 is 0. The molecule has 1 unspecified atom stereocenters. The number of hydrogen-bond acceptors (Lipinski definition) is 4. The molecule has 2 aromatic carbocycles. The van der Waals surface area contributed by atoms with Crippen LogP contribution in [-0.2, 0) is 17.5 Å². The first-order valence-electron chi connectivity index (χ1n) is 12.5. The van der Waals surface area contributed by atoms with Crippen molar-refractivity contribution in [3.63, 3.8) is 0 Å². The van der Waals surface area contributed by atoms with E-state index in [2.05, 4.69) is 45.1 Å². The van der Waals surface area contributed by atoms with Gasteiger partial charge in [-0.3, -0.25) is 14.5 Å². The standard InChI is InChI=1S/C27H33F3N4O2/c28-27(29,30)21-8-4-7-20(15-21)26(36)32-17-25(35)33-23-13-14-34(18-23)24-11-9-22(10-12-24)31-16-19-5-2-1-3-6-19/h1-8,15,22-24,31H,9-14,16-18H2,(H,32,36)(H,33,35). The average Bonchev–Trinajstić information content (AvgIpc) is 3.35. The van der Waals surface area contributed by atoms with Gasteiger partial charge in [0.15, 0.2) is 0 Å². The number of halogens is 3. The molecule has 2 aliphatic rings. The third-order valence-electron chi connectivity index (χ3n) is 7.10. The summed E-state index contributed by atoms with van der Waals surface area (Å²) in [5, 5.41) is 9.03. The molecule has 0 bridgehead atoms. The zero-order valence-electron chi connectivity index (χ0n) is 20.2. The van der Waals surface area contributed by atoms with Gasteiger partial charge < -0.3 is 16.0 Å². The van der Waals surface area contributed by atoms with Gasteiger partial charge in [-0.1, -0.05) is 36.4 Å². The lowest BCUT2D eigenvalue weighted by atomic mass is 9.90. The van der Waals surface area contributed by atoms with E-state index in [1.165, 1.54) is 17.7 Å². The van der Waals surface area contributed by atoms with E-state index in [-0.39, 0.29) is 24.1 Å². The van der Waals surface area contributed by atoms with Crippen molar-refractivity contribution in [2.75, 3.05) is 19.6 Å². The van der Waals surface area contributed by atoms with Gasteiger partial charge >= 0.3 is 6.18 Å². The van der Waals surface area contributed by atoms with Gasteiger partial charge in [-0.05, 0) is 55.9 Å². The topological polar surface area (TPSA) is 73.5 Å². The number of hydrogen-bond donors (Lipinski definition) is 3. The molecule has 1 heterocycles. The van der Waals surface area contributed by atoms with Gasteiger partial charge in [-0.25, -0.2) is 0 Å². The fourth-order valence-corrected chi connectivity index (χ4v) is 5.12. The van der Waals surface area contributed by atoms with Gasteiger partial charge in [-0.2, -0.15) is 13.2 Å². The summed E-state index contributed by atoms with van der Waals surface area (Å²) in [5.41, 5.74) is 0.272. The summed E-state index contributed by atoms with van der Waals surface area (Å²) in [4.78, 5) is 27.0. The van der Waals surface area contributed by atoms with Crippen molar-refractivity contribution >= 4 is 11.8 Å². The molecule has 1 aliphatic carbocycles. The summed E-state index contributed by atoms with van der Waals surface area (Å²) in [6.45, 7) is 2.32. The summed E-state index contributed by atoms with van der Waals surface area (Å²) < 4.78 is 38.6. The third kappa shape index (κ3) is 7.30. The van der Waals surface area contributed by atoms with Crippen LogP contribution >= 0.6 is 0 Å². The summed E-state index contributed by atoms with van der Waals surface area (Å²) in [6.07, 6.45) is 0.832. The predicted octanol–water partition coefficient (Wildman–Crippen LogP) is 3.73. The lowest BCUT2D eigenvalue weighted by Gasteiger charge is -2.35. The molecule has 2 amide bonds. The van der Waals surface area contributed by atoms with Crippen LogP contribution in [0, 0.1) is 0 Å². The Hall–Kier alpha value is -2.91. The molecule has 1 saturated heterocycles. The molecule has 4 rings (SSSR count). The highest BCUT2D eigenvalue weighted by molar-refractivity contribution is 5.96. The second-order valence-electron chi connectivity index (χ2n) is 9.68. The van der Waals surface area contributed by atoms with Crippen LogP contribution in [0.4, 0.5) is 13.2 Å². The van der Waals surface area contributed by atoms with Gasteiger partial charge in [-0.15, -0.1) is 0 Å². The monoisotopic (exact) mass is 502 g/mol. The molecule has 1 atom stereocenters. The van der Waals surface area contributed by atoms with E-state index in [9.17, 15) is 22.8 Å². The number of amides is 2. The van der Waals surface area contributed by atoms with Crippen molar-refractivity contribution in [3.8, 4) is 0 Å². The first kappa shape index (κ1) is 26.2. The Morgan fingerprint density at radius 3 is 2.39 bits per heavy atom. The van der Waals surface area contributed by atoms with Crippen LogP contribution in [-0.4, -0.2) is 54.5 Å². The van der Waals surface area contributed by atoms with E-state index in [1.54, 1.807) is 0 Å². The van der Waals surface area contributed by atoms with Crippen LogP contribution in [0.3, 0.4) is 0 Å². The molecule has 6 nitrogen and oxygen atoms in total. The van der Waals surface area contributed by atoms with Gasteiger partial charge in [0.2, 0.25) is 5.91 Å². The first-order valence-corrected chi connectivity index (χ1v) is 12.5. The second kappa shape index (κ2) is 11.9. The van der Waals surface area contributed by atoms with E-state index in [0.717, 1.165) is 63.9 Å². The van der Waals surface area contributed by atoms with Crippen molar-refractivity contribution in [2.45, 2.75) is 63.0 Å². The van der Waals surface area contributed by atoms with Gasteiger partial charge in [0.1, 0.15) is 0 Å². The number of nitrogens with zero attached hydrogens (tertiary/aromatic N) is 1. The maximum atomic E-state index is 12.9. The highest BCUT2D eigenvalue weighted by Gasteiger charge is 2.32. The molecule has 2 fully saturated rings. The molecule has 36 heavy (non-hydrogen) atoms. The molecule has 0 spiro atoms. The van der Waals surface area contributed by atoms with Gasteiger partial charge in [0, 0.05) is 43.3 Å². The summed E-state index contributed by atoms with van der Waals surface area (Å²) in [7, 11) is 0. The smallest absolute Gasteiger partial charge is 0.350 e. The Morgan fingerprint density at radius 1 is 0.917 bits per heavy atom. The molecule has 2 aromatic rings. The Kier molecular flexibility index (Phi) is 8.64. The SMILES string of the molecule is O=C(CNC(=O)c1cccc(C(F)(F)F)c1)NC1CCN(C2CCC(NCc3ccccc3)CC2)C1. The van der Waals surface area contributed by atoms with Gasteiger partial charge in [0.05, 0.1) is 12.1 Å². The van der Waals surface area contributed by atoms with Crippen molar-refractivity contribution in [1.29, 1.82) is 0 Å². The van der Waals surface area contributed by atoms with E-state index in [4.69, 9.17) is 0 Å². The van der Waals surface area contributed by atoms with Crippen LogP contribution in [0.5, 0.6) is 0 Å². The molecular weight excluding hydrogens is 469 g/mol. The van der Waals surface area contributed by atoms with E-state index in [0.29, 0.717) is 12.1 Å². The molecule has 1 aliphatic heterocycles. The predicted molar refractivity (Wildman–Crippen MR) is 131 cm³/mol.